The maximum Gasteiger partial charge on any atom is 0.212 e. The number of para-hydroxylation sites is 1. The predicted molar refractivity (Wildman–Crippen MR) is 198 cm³/mol. The molecule has 7 aromatic rings. The SMILES string of the molecule is CCCCc1ccc2ccccc2[n+]1Cc1ccccc1.Fc1c(F)c(F)c([B-](c2c(F)c(F)c(F)c(F)c2F)(c2c(F)c(F)c(F)c(F)c2F)c2c(F)c(F)c(F)c(F)c2F)c(F)c1F. The third kappa shape index (κ3) is 7.76. The Balaban J connectivity index is 0.000000284. The molecule has 0 radical (unpaired) electrons. The van der Waals surface area contributed by atoms with Gasteiger partial charge in [0.15, 0.2) is 82.0 Å². The fourth-order valence-corrected chi connectivity index (χ4v) is 7.71. The number of benzene rings is 6. The van der Waals surface area contributed by atoms with E-state index in [9.17, 15) is 52.7 Å². The van der Waals surface area contributed by atoms with Gasteiger partial charge in [0, 0.05) is 29.5 Å². The average Bonchev–Trinajstić information content (AvgIpc) is 3.31. The van der Waals surface area contributed by atoms with Crippen molar-refractivity contribution in [3.05, 3.63) is 194 Å². The van der Waals surface area contributed by atoms with Gasteiger partial charge >= 0.3 is 0 Å². The maximum atomic E-state index is 15.4. The van der Waals surface area contributed by atoms with Gasteiger partial charge in [-0.05, 0) is 18.6 Å². The molecule has 1 heterocycles. The quantitative estimate of drug-likeness (QED) is 0.0446. The van der Waals surface area contributed by atoms with Crippen molar-refractivity contribution in [1.82, 2.24) is 0 Å². The number of aryl methyl sites for hydroxylation is 1. The van der Waals surface area contributed by atoms with Crippen LogP contribution in [0.2, 0.25) is 0 Å². The highest BCUT2D eigenvalue weighted by molar-refractivity contribution is 7.20. The lowest BCUT2D eigenvalue weighted by molar-refractivity contribution is -0.670. The molecule has 0 aliphatic carbocycles. The summed E-state index contributed by atoms with van der Waals surface area (Å²) in [5, 5.41) is 1.31. The summed E-state index contributed by atoms with van der Waals surface area (Å²) in [7, 11) is 0. The van der Waals surface area contributed by atoms with Crippen LogP contribution in [-0.4, -0.2) is 6.15 Å². The molecule has 1 nitrogen and oxygen atoms in total. The van der Waals surface area contributed by atoms with Crippen molar-refractivity contribution in [3.63, 3.8) is 0 Å². The highest BCUT2D eigenvalue weighted by atomic mass is 19.2. The van der Waals surface area contributed by atoms with Crippen LogP contribution in [0, 0.1) is 116 Å². The van der Waals surface area contributed by atoms with Gasteiger partial charge in [0.25, 0.3) is 0 Å². The van der Waals surface area contributed by atoms with Crippen LogP contribution in [0.4, 0.5) is 87.8 Å². The molecular weight excluding hydrogens is 933 g/mol. The fraction of sp³-hybridized carbons (Fsp3) is 0.114. The maximum absolute atomic E-state index is 15.4. The van der Waals surface area contributed by atoms with E-state index in [-0.39, 0.29) is 0 Å². The van der Waals surface area contributed by atoms with Crippen molar-refractivity contribution in [2.75, 3.05) is 0 Å². The summed E-state index contributed by atoms with van der Waals surface area (Å²) in [4.78, 5) is 0. The molecule has 7 rings (SSSR count). The van der Waals surface area contributed by atoms with Crippen molar-refractivity contribution < 1.29 is 92.4 Å². The molecule has 66 heavy (non-hydrogen) atoms. The molecule has 0 saturated heterocycles. The van der Waals surface area contributed by atoms with Crippen LogP contribution < -0.4 is 26.4 Å². The van der Waals surface area contributed by atoms with Crippen molar-refractivity contribution in [3.8, 4) is 0 Å². The minimum atomic E-state index is -7.22. The van der Waals surface area contributed by atoms with Crippen LogP contribution in [0.15, 0.2) is 66.7 Å². The van der Waals surface area contributed by atoms with Gasteiger partial charge in [0.1, 0.15) is 52.7 Å². The van der Waals surface area contributed by atoms with Crippen LogP contribution in [0.1, 0.15) is 31.0 Å². The molecule has 346 valence electrons. The summed E-state index contributed by atoms with van der Waals surface area (Å²) in [6, 6.07) is 23.9. The second-order valence-corrected chi connectivity index (χ2v) is 14.4. The van der Waals surface area contributed by atoms with E-state index < -0.39 is 144 Å². The Morgan fingerprint density at radius 3 is 0.985 bits per heavy atom. The predicted octanol–water partition coefficient (Wildman–Crippen LogP) is 10.4. The topological polar surface area (TPSA) is 3.88 Å². The molecule has 0 amide bonds. The summed E-state index contributed by atoms with van der Waals surface area (Å²) in [5.74, 6) is -71.4. The first kappa shape index (κ1) is 48.8. The zero-order valence-electron chi connectivity index (χ0n) is 32.8. The van der Waals surface area contributed by atoms with E-state index in [4.69, 9.17) is 0 Å². The molecule has 0 spiro atoms. The second kappa shape index (κ2) is 18.7. The summed E-state index contributed by atoms with van der Waals surface area (Å²) in [5.41, 5.74) is -10.2. The van der Waals surface area contributed by atoms with Gasteiger partial charge in [-0.15, -0.1) is 21.9 Å². The zero-order chi connectivity index (χ0) is 48.8. The van der Waals surface area contributed by atoms with Crippen LogP contribution in [-0.2, 0) is 13.0 Å². The van der Waals surface area contributed by atoms with E-state index in [2.05, 4.69) is 78.2 Å². The molecule has 0 fully saturated rings. The molecule has 22 heteroatoms. The summed E-state index contributed by atoms with van der Waals surface area (Å²) in [6.45, 7) is 3.20. The smallest absolute Gasteiger partial charge is 0.207 e. The number of hydrogen-bond acceptors (Lipinski definition) is 0. The number of fused-ring (bicyclic) bond motifs is 1. The number of hydrogen-bond donors (Lipinski definition) is 0. The highest BCUT2D eigenvalue weighted by Crippen LogP contribution is 2.31. The molecule has 0 atom stereocenters. The van der Waals surface area contributed by atoms with E-state index >= 15 is 35.1 Å². The first-order valence-electron chi connectivity index (χ1n) is 18.8. The Kier molecular flexibility index (Phi) is 13.8. The number of nitrogens with zero attached hydrogens (tertiary/aromatic N) is 1. The average molecular weight is 955 g/mol. The molecule has 6 aromatic carbocycles. The Labute approximate surface area is 358 Å². The van der Waals surface area contributed by atoms with E-state index in [1.54, 1.807) is 0 Å². The second-order valence-electron chi connectivity index (χ2n) is 14.4. The summed E-state index contributed by atoms with van der Waals surface area (Å²) < 4.78 is 296. The highest BCUT2D eigenvalue weighted by Gasteiger charge is 2.52. The van der Waals surface area contributed by atoms with Gasteiger partial charge in [0.05, 0.1) is 0 Å². The molecule has 0 saturated carbocycles. The Bertz CT molecular complexity index is 2670. The summed E-state index contributed by atoms with van der Waals surface area (Å²) >= 11 is 0. The minimum absolute atomic E-state index is 0.946. The van der Waals surface area contributed by atoms with Gasteiger partial charge in [-0.1, -0.05) is 55.8 Å². The largest absolute Gasteiger partial charge is 0.212 e. The number of rotatable bonds is 9. The zero-order valence-corrected chi connectivity index (χ0v) is 32.8. The lowest BCUT2D eigenvalue weighted by atomic mass is 9.12. The number of aromatic nitrogens is 1. The normalized spacial score (nSPS) is 11.7. The van der Waals surface area contributed by atoms with Crippen molar-refractivity contribution in [2.24, 2.45) is 0 Å². The first-order valence-corrected chi connectivity index (χ1v) is 18.8. The van der Waals surface area contributed by atoms with Crippen molar-refractivity contribution in [1.29, 1.82) is 0 Å². The van der Waals surface area contributed by atoms with Gasteiger partial charge < -0.3 is 0 Å². The standard InChI is InChI=1S/C24BF20.C20H22N/c26-5-1(6(27)14(35)21(42)13(5)34)25(2-7(28)15(36)22(43)16(37)8(2)29,3-9(30)17(38)23(44)18(39)10(3)31)4-11(32)19(40)24(45)20(41)12(4)33;1-2-3-12-19-15-14-18-11-7-8-13-20(18)21(19)16-17-9-5-4-6-10-17/h;4-11,13-15H,2-3,12,16H2,1H3/q-1;+1. The third-order valence-corrected chi connectivity index (χ3v) is 10.7. The molecular formula is C44H22BF20N. The lowest BCUT2D eigenvalue weighted by Gasteiger charge is -2.44. The van der Waals surface area contributed by atoms with Gasteiger partial charge in [-0.25, -0.2) is 87.8 Å². The van der Waals surface area contributed by atoms with Crippen molar-refractivity contribution >= 4 is 38.9 Å². The molecule has 0 aliphatic heterocycles. The fourth-order valence-electron chi connectivity index (χ4n) is 7.71. The number of unbranched alkanes of at least 4 members (excludes halogenated alkanes) is 1. The Hall–Kier alpha value is -6.61. The summed E-state index contributed by atoms with van der Waals surface area (Å²) in [6.07, 6.45) is -3.59. The lowest BCUT2D eigenvalue weighted by Crippen LogP contribution is -2.81. The van der Waals surface area contributed by atoms with E-state index in [0.717, 1.165) is 13.0 Å². The molecule has 0 unspecified atom stereocenters. The van der Waals surface area contributed by atoms with Crippen LogP contribution in [0.25, 0.3) is 10.9 Å². The van der Waals surface area contributed by atoms with E-state index in [0.29, 0.717) is 0 Å². The van der Waals surface area contributed by atoms with Gasteiger partial charge in [-0.2, -0.15) is 4.57 Å². The Morgan fingerprint density at radius 1 is 0.348 bits per heavy atom. The number of pyridine rings is 1. The minimum Gasteiger partial charge on any atom is -0.207 e. The van der Waals surface area contributed by atoms with Crippen LogP contribution in [0.5, 0.6) is 0 Å². The van der Waals surface area contributed by atoms with Crippen LogP contribution >= 0.6 is 0 Å². The van der Waals surface area contributed by atoms with E-state index in [1.165, 1.54) is 35.0 Å². The Morgan fingerprint density at radius 2 is 0.652 bits per heavy atom. The van der Waals surface area contributed by atoms with Gasteiger partial charge in [-0.3, -0.25) is 0 Å². The van der Waals surface area contributed by atoms with Gasteiger partial charge in [0.2, 0.25) is 5.52 Å². The molecule has 0 bridgehead atoms. The molecule has 0 aliphatic rings. The first-order chi connectivity index (χ1) is 31.1. The van der Waals surface area contributed by atoms with Crippen molar-refractivity contribution in [2.45, 2.75) is 32.7 Å². The third-order valence-electron chi connectivity index (χ3n) is 10.7. The monoisotopic (exact) mass is 955 g/mol. The number of halogens is 20. The molecule has 0 N–H and O–H groups in total. The van der Waals surface area contributed by atoms with E-state index in [1.807, 2.05) is 0 Å². The molecule has 1 aromatic heterocycles. The van der Waals surface area contributed by atoms with Crippen LogP contribution in [0.3, 0.4) is 0 Å².